The summed E-state index contributed by atoms with van der Waals surface area (Å²) < 4.78 is 13.7. The van der Waals surface area contributed by atoms with Gasteiger partial charge in [0.15, 0.2) is 0 Å². The molecule has 10 nitrogen and oxygen atoms in total. The number of carbonyl (C=O) groups excluding carboxylic acids is 5. The van der Waals surface area contributed by atoms with Crippen LogP contribution in [0.1, 0.15) is 45.1 Å². The number of anilines is 1. The molecule has 4 N–H and O–H groups in total. The smallest absolute Gasteiger partial charge is 0.246 e. The Morgan fingerprint density at radius 1 is 1.11 bits per heavy atom. The van der Waals surface area contributed by atoms with Crippen molar-refractivity contribution in [3.63, 3.8) is 0 Å². The molecule has 1 aromatic carbocycles. The third-order valence-electron chi connectivity index (χ3n) is 5.29. The summed E-state index contributed by atoms with van der Waals surface area (Å²) in [4.78, 5) is 60.4. The first-order chi connectivity index (χ1) is 17.1. The molecule has 36 heavy (non-hydrogen) atoms. The van der Waals surface area contributed by atoms with Gasteiger partial charge in [0, 0.05) is 37.3 Å². The van der Waals surface area contributed by atoms with Crippen LogP contribution < -0.4 is 16.0 Å². The zero-order chi connectivity index (χ0) is 27.1. The molecule has 0 spiro atoms. The number of aldehydes is 1. The molecule has 1 aromatic rings. The van der Waals surface area contributed by atoms with Gasteiger partial charge in [-0.2, -0.15) is 0 Å². The summed E-state index contributed by atoms with van der Waals surface area (Å²) in [6, 6.07) is 3.02. The summed E-state index contributed by atoms with van der Waals surface area (Å²) in [5, 5.41) is 16.6. The summed E-state index contributed by atoms with van der Waals surface area (Å²) in [7, 11) is 1.63. The number of hydrogen-bond acceptors (Lipinski definition) is 6. The number of allylic oxidation sites excluding steroid dienone is 1. The zero-order valence-corrected chi connectivity index (χ0v) is 20.9. The summed E-state index contributed by atoms with van der Waals surface area (Å²) >= 11 is 0. The van der Waals surface area contributed by atoms with E-state index in [1.807, 2.05) is 0 Å². The third kappa shape index (κ3) is 11.2. The number of hydrogen-bond donors (Lipinski definition) is 4. The summed E-state index contributed by atoms with van der Waals surface area (Å²) in [5.41, 5.74) is 0.286. The topological polar surface area (TPSA) is 145 Å². The van der Waals surface area contributed by atoms with Crippen molar-refractivity contribution in [2.75, 3.05) is 25.5 Å². The molecule has 0 aliphatic rings. The number of amides is 4. The van der Waals surface area contributed by atoms with Crippen LogP contribution in [0, 0.1) is 11.7 Å². The number of rotatable bonds is 15. The molecule has 1 rings (SSSR count). The molecule has 0 aliphatic heterocycles. The van der Waals surface area contributed by atoms with Gasteiger partial charge in [0.1, 0.15) is 18.1 Å². The zero-order valence-electron chi connectivity index (χ0n) is 20.9. The van der Waals surface area contributed by atoms with Gasteiger partial charge in [0.25, 0.3) is 0 Å². The molecule has 0 aromatic heterocycles. The van der Waals surface area contributed by atoms with E-state index in [-0.39, 0.29) is 41.9 Å². The van der Waals surface area contributed by atoms with Gasteiger partial charge in [-0.05, 0) is 37.0 Å². The molecule has 0 radical (unpaired) electrons. The van der Waals surface area contributed by atoms with Crippen LogP contribution in [0.2, 0.25) is 0 Å². The van der Waals surface area contributed by atoms with E-state index in [4.69, 9.17) is 5.11 Å². The van der Waals surface area contributed by atoms with Gasteiger partial charge in [-0.1, -0.05) is 26.3 Å². The third-order valence-corrected chi connectivity index (χ3v) is 5.29. The van der Waals surface area contributed by atoms with Gasteiger partial charge >= 0.3 is 0 Å². The highest BCUT2D eigenvalue weighted by Gasteiger charge is 2.24. The summed E-state index contributed by atoms with van der Waals surface area (Å²) in [5.74, 6) is -2.54. The Kier molecular flexibility index (Phi) is 13.6. The lowest BCUT2D eigenvalue weighted by Gasteiger charge is -2.21. The Labute approximate surface area is 210 Å². The molecular formula is C25H35FN4O6. The van der Waals surface area contributed by atoms with E-state index in [2.05, 4.69) is 16.0 Å². The number of likely N-dealkylation sites (N-methyl/N-ethyl adjacent to an activating group) is 1. The minimum atomic E-state index is -0.833. The molecule has 4 amide bonds. The second-order valence-electron chi connectivity index (χ2n) is 8.59. The molecule has 0 fully saturated rings. The fourth-order valence-corrected chi connectivity index (χ4v) is 3.19. The van der Waals surface area contributed by atoms with Crippen molar-refractivity contribution in [3.8, 4) is 0 Å². The second-order valence-corrected chi connectivity index (χ2v) is 8.59. The maximum Gasteiger partial charge on any atom is 0.246 e. The van der Waals surface area contributed by atoms with Crippen LogP contribution in [0.25, 0.3) is 0 Å². The lowest BCUT2D eigenvalue weighted by molar-refractivity contribution is -0.130. The van der Waals surface area contributed by atoms with Crippen LogP contribution in [-0.4, -0.2) is 66.1 Å². The molecular weight excluding hydrogens is 471 g/mol. The number of nitrogens with zero attached hydrogens (tertiary/aromatic N) is 1. The lowest BCUT2D eigenvalue weighted by atomic mass is 10.0. The van der Waals surface area contributed by atoms with Crippen molar-refractivity contribution in [1.29, 1.82) is 0 Å². The fourth-order valence-electron chi connectivity index (χ4n) is 3.19. The number of unbranched alkanes of at least 4 members (excludes halogenated alkanes) is 2. The fraction of sp³-hybridized carbons (Fsp3) is 0.480. The van der Waals surface area contributed by atoms with Crippen molar-refractivity contribution < 1.29 is 33.5 Å². The Balaban J connectivity index is 2.41. The summed E-state index contributed by atoms with van der Waals surface area (Å²) in [6.45, 7) is 3.19. The van der Waals surface area contributed by atoms with E-state index < -0.39 is 30.3 Å². The van der Waals surface area contributed by atoms with Crippen molar-refractivity contribution >= 4 is 35.6 Å². The van der Waals surface area contributed by atoms with Crippen molar-refractivity contribution in [2.45, 2.75) is 52.2 Å². The normalized spacial score (nSPS) is 11.7. The Morgan fingerprint density at radius 2 is 1.83 bits per heavy atom. The molecule has 0 saturated heterocycles. The first-order valence-electron chi connectivity index (χ1n) is 11.7. The average Bonchev–Trinajstić information content (AvgIpc) is 2.83. The molecule has 0 bridgehead atoms. The standard InChI is InChI=1S/C25H35FN4O6/c1-17(2)24(29-21(33)8-5-4-6-12-30(3)23(35)9-7-13-31)25(36)27-15-22(34)28-19-11-10-18(16-32)20(26)14-19/h7,9-11,13-14,17,24,32H,4-6,8,12,15-16H2,1-3H3,(H,27,36)(H,28,34)(H,29,33)/b9-7-. The van der Waals surface area contributed by atoms with Gasteiger partial charge in [-0.25, -0.2) is 4.39 Å². The first-order valence-corrected chi connectivity index (χ1v) is 11.7. The monoisotopic (exact) mass is 506 g/mol. The highest BCUT2D eigenvalue weighted by molar-refractivity contribution is 5.96. The molecule has 0 saturated carbocycles. The van der Waals surface area contributed by atoms with Crippen LogP contribution in [-0.2, 0) is 30.6 Å². The van der Waals surface area contributed by atoms with Crippen molar-refractivity contribution in [1.82, 2.24) is 15.5 Å². The SMILES string of the molecule is CC(C)C(NC(=O)CCCCCN(C)C(=O)/C=C\C=O)C(=O)NCC(=O)Nc1ccc(CO)c(F)c1. The Morgan fingerprint density at radius 3 is 2.44 bits per heavy atom. The highest BCUT2D eigenvalue weighted by atomic mass is 19.1. The predicted molar refractivity (Wildman–Crippen MR) is 132 cm³/mol. The van der Waals surface area contributed by atoms with E-state index in [0.717, 1.165) is 12.1 Å². The quantitative estimate of drug-likeness (QED) is 0.160. The van der Waals surface area contributed by atoms with Crippen molar-refractivity contribution in [3.05, 3.63) is 41.7 Å². The maximum atomic E-state index is 13.7. The van der Waals surface area contributed by atoms with Gasteiger partial charge in [0.2, 0.25) is 23.6 Å². The number of benzene rings is 1. The highest BCUT2D eigenvalue weighted by Crippen LogP contribution is 2.14. The summed E-state index contributed by atoms with van der Waals surface area (Å²) in [6.07, 6.45) is 5.01. The predicted octanol–water partition coefficient (Wildman–Crippen LogP) is 1.29. The minimum absolute atomic E-state index is 0.0998. The van der Waals surface area contributed by atoms with Crippen LogP contribution in [0.5, 0.6) is 0 Å². The number of carbonyl (C=O) groups is 5. The van der Waals surface area contributed by atoms with E-state index in [0.29, 0.717) is 32.1 Å². The van der Waals surface area contributed by atoms with Crippen LogP contribution >= 0.6 is 0 Å². The number of halogens is 1. The minimum Gasteiger partial charge on any atom is -0.392 e. The lowest BCUT2D eigenvalue weighted by Crippen LogP contribution is -2.51. The van der Waals surface area contributed by atoms with E-state index in [1.165, 1.54) is 23.1 Å². The second kappa shape index (κ2) is 16.1. The largest absolute Gasteiger partial charge is 0.392 e. The average molecular weight is 507 g/mol. The van der Waals surface area contributed by atoms with Gasteiger partial charge in [-0.3, -0.25) is 24.0 Å². The van der Waals surface area contributed by atoms with Gasteiger partial charge in [0.05, 0.1) is 13.2 Å². The first kappa shape index (κ1) is 30.4. The molecule has 1 atom stereocenters. The van der Waals surface area contributed by atoms with Crippen LogP contribution in [0.3, 0.4) is 0 Å². The van der Waals surface area contributed by atoms with Gasteiger partial charge in [-0.15, -0.1) is 0 Å². The number of aliphatic hydroxyl groups excluding tert-OH is 1. The van der Waals surface area contributed by atoms with Crippen LogP contribution in [0.4, 0.5) is 10.1 Å². The van der Waals surface area contributed by atoms with Crippen molar-refractivity contribution in [2.24, 2.45) is 5.92 Å². The molecule has 11 heteroatoms. The van der Waals surface area contributed by atoms with Gasteiger partial charge < -0.3 is 26.0 Å². The van der Waals surface area contributed by atoms with E-state index >= 15 is 0 Å². The Hall–Kier alpha value is -3.60. The molecule has 1 unspecified atom stereocenters. The Bertz CT molecular complexity index is 950. The number of nitrogens with one attached hydrogen (secondary N) is 3. The van der Waals surface area contributed by atoms with E-state index in [9.17, 15) is 28.4 Å². The maximum absolute atomic E-state index is 13.7. The van der Waals surface area contributed by atoms with Crippen LogP contribution in [0.15, 0.2) is 30.4 Å². The van der Waals surface area contributed by atoms with E-state index in [1.54, 1.807) is 20.9 Å². The molecule has 0 aliphatic carbocycles. The molecule has 0 heterocycles. The number of aliphatic hydroxyl groups is 1. The molecule has 198 valence electrons.